The van der Waals surface area contributed by atoms with Gasteiger partial charge in [-0.25, -0.2) is 0 Å². The molecule has 0 aliphatic heterocycles. The molecular formula is C34H30O9. The second kappa shape index (κ2) is 11.4. The van der Waals surface area contributed by atoms with Crippen molar-refractivity contribution in [2.45, 2.75) is 25.2 Å². The van der Waals surface area contributed by atoms with E-state index in [9.17, 15) is 45.6 Å². The Morgan fingerprint density at radius 2 is 1.28 bits per heavy atom. The highest BCUT2D eigenvalue weighted by atomic mass is 16.3. The number of carbonyl (C=O) groups is 1. The van der Waals surface area contributed by atoms with E-state index < -0.39 is 29.3 Å². The Hall–Kier alpha value is -5.57. The van der Waals surface area contributed by atoms with Crippen LogP contribution in [0.3, 0.4) is 0 Å². The van der Waals surface area contributed by atoms with Crippen LogP contribution >= 0.6 is 0 Å². The lowest BCUT2D eigenvalue weighted by atomic mass is 9.65. The molecule has 0 bridgehead atoms. The number of benzene rings is 4. The van der Waals surface area contributed by atoms with Crippen LogP contribution in [0.25, 0.3) is 12.2 Å². The average molecular weight is 583 g/mol. The van der Waals surface area contributed by atoms with E-state index in [0.717, 1.165) is 17.7 Å². The molecule has 43 heavy (non-hydrogen) atoms. The van der Waals surface area contributed by atoms with Gasteiger partial charge in [0.2, 0.25) is 0 Å². The van der Waals surface area contributed by atoms with E-state index in [1.54, 1.807) is 6.08 Å². The van der Waals surface area contributed by atoms with E-state index in [2.05, 4.69) is 0 Å². The van der Waals surface area contributed by atoms with Gasteiger partial charge >= 0.3 is 0 Å². The second-order valence-electron chi connectivity index (χ2n) is 10.8. The first-order chi connectivity index (χ1) is 20.4. The first-order valence-electron chi connectivity index (χ1n) is 13.4. The fourth-order valence-corrected chi connectivity index (χ4v) is 5.80. The summed E-state index contributed by atoms with van der Waals surface area (Å²) in [5.41, 5.74) is 2.17. The third-order valence-electron chi connectivity index (χ3n) is 7.70. The average Bonchev–Trinajstić information content (AvgIpc) is 2.91. The quantitative estimate of drug-likeness (QED) is 0.0744. The lowest BCUT2D eigenvalue weighted by Gasteiger charge is -2.37. The Morgan fingerprint density at radius 1 is 0.651 bits per heavy atom. The summed E-state index contributed by atoms with van der Waals surface area (Å²) in [7, 11) is 0. The summed E-state index contributed by atoms with van der Waals surface area (Å²) in [5, 5.41) is 82.4. The number of phenolic OH excluding ortho intramolecular Hbond substituents is 8. The standard InChI is InChI=1S/C34H30O9/c1-17-8-27(24-6-4-20(35)14-30(24)40)33(34(43)25-7-5-21(36)15-31(25)41)28(9-17)26-12-19(29(39)16-32(26)42)3-2-18-10-22(37)13-23(38)11-18/h2-7,9-16,27-28,33,35-42H,8H2,1H3/t27-,28+,33-/m1/s1. The van der Waals surface area contributed by atoms with Gasteiger partial charge in [-0.15, -0.1) is 0 Å². The van der Waals surface area contributed by atoms with Crippen molar-refractivity contribution in [1.82, 2.24) is 0 Å². The van der Waals surface area contributed by atoms with Crippen LogP contribution in [0.4, 0.5) is 0 Å². The van der Waals surface area contributed by atoms with Crippen LogP contribution < -0.4 is 0 Å². The normalized spacial score (nSPS) is 18.4. The summed E-state index contributed by atoms with van der Waals surface area (Å²) in [6.07, 6.45) is 5.24. The molecule has 0 saturated carbocycles. The van der Waals surface area contributed by atoms with E-state index in [-0.39, 0.29) is 56.9 Å². The summed E-state index contributed by atoms with van der Waals surface area (Å²) in [4.78, 5) is 14.2. The predicted octanol–water partition coefficient (Wildman–Crippen LogP) is 6.22. The minimum Gasteiger partial charge on any atom is -0.508 e. The summed E-state index contributed by atoms with van der Waals surface area (Å²) in [5.74, 6) is -4.85. The van der Waals surface area contributed by atoms with Crippen molar-refractivity contribution < 1.29 is 45.6 Å². The van der Waals surface area contributed by atoms with Crippen LogP contribution in [0.2, 0.25) is 0 Å². The second-order valence-corrected chi connectivity index (χ2v) is 10.8. The smallest absolute Gasteiger partial charge is 0.171 e. The number of rotatable bonds is 6. The number of Topliss-reactive ketones (excluding diaryl/α,β-unsaturated/α-hetero) is 1. The molecule has 3 atom stereocenters. The summed E-state index contributed by atoms with van der Waals surface area (Å²) >= 11 is 0. The first kappa shape index (κ1) is 28.9. The van der Waals surface area contributed by atoms with Gasteiger partial charge in [0.05, 0.1) is 5.56 Å². The van der Waals surface area contributed by atoms with E-state index >= 15 is 0 Å². The SMILES string of the molecule is CC1=C[C@@H](c2cc(C=Cc3cc(O)cc(O)c3)c(O)cc2O)[C@H](C(=O)c2ccc(O)cc2O)[C@@H](c2ccc(O)cc2O)C1. The number of aromatic hydroxyl groups is 8. The molecule has 9 heteroatoms. The van der Waals surface area contributed by atoms with Gasteiger partial charge in [0, 0.05) is 53.1 Å². The van der Waals surface area contributed by atoms with Gasteiger partial charge in [-0.2, -0.15) is 0 Å². The van der Waals surface area contributed by atoms with E-state index in [4.69, 9.17) is 0 Å². The van der Waals surface area contributed by atoms with Gasteiger partial charge in [0.1, 0.15) is 46.0 Å². The van der Waals surface area contributed by atoms with Crippen LogP contribution in [-0.4, -0.2) is 46.6 Å². The number of carbonyl (C=O) groups excluding carboxylic acids is 1. The molecule has 0 spiro atoms. The molecular weight excluding hydrogens is 552 g/mol. The zero-order valence-electron chi connectivity index (χ0n) is 23.0. The Labute approximate surface area is 246 Å². The third-order valence-corrected chi connectivity index (χ3v) is 7.70. The minimum absolute atomic E-state index is 0.0638. The minimum atomic E-state index is -0.982. The first-order valence-corrected chi connectivity index (χ1v) is 13.4. The zero-order chi connectivity index (χ0) is 31.0. The van der Waals surface area contributed by atoms with Crippen LogP contribution in [0.1, 0.15) is 57.8 Å². The predicted molar refractivity (Wildman–Crippen MR) is 160 cm³/mol. The Kier molecular flexibility index (Phi) is 7.65. The van der Waals surface area contributed by atoms with Crippen molar-refractivity contribution in [2.75, 3.05) is 0 Å². The Balaban J connectivity index is 1.66. The fraction of sp³-hybridized carbons (Fsp3) is 0.147. The number of allylic oxidation sites excluding steroid dienone is 2. The lowest BCUT2D eigenvalue weighted by Crippen LogP contribution is -2.31. The molecule has 220 valence electrons. The van der Waals surface area contributed by atoms with Gasteiger partial charge in [-0.05, 0) is 60.9 Å². The van der Waals surface area contributed by atoms with Crippen molar-refractivity contribution in [2.24, 2.45) is 5.92 Å². The van der Waals surface area contributed by atoms with Crippen molar-refractivity contribution >= 4 is 17.9 Å². The van der Waals surface area contributed by atoms with Gasteiger partial charge in [-0.3, -0.25) is 4.79 Å². The van der Waals surface area contributed by atoms with Crippen molar-refractivity contribution in [3.8, 4) is 46.0 Å². The highest BCUT2D eigenvalue weighted by Gasteiger charge is 2.42. The number of hydrogen-bond donors (Lipinski definition) is 8. The molecule has 1 aliphatic rings. The molecule has 0 unspecified atom stereocenters. The topological polar surface area (TPSA) is 179 Å². The van der Waals surface area contributed by atoms with Crippen LogP contribution in [0, 0.1) is 5.92 Å². The number of hydrogen-bond acceptors (Lipinski definition) is 9. The molecule has 1 aliphatic carbocycles. The molecule has 4 aromatic rings. The van der Waals surface area contributed by atoms with Gasteiger partial charge in [0.25, 0.3) is 0 Å². The molecule has 8 N–H and O–H groups in total. The summed E-state index contributed by atoms with van der Waals surface area (Å²) in [6, 6.07) is 14.4. The van der Waals surface area contributed by atoms with Gasteiger partial charge in [0.15, 0.2) is 5.78 Å². The Bertz CT molecular complexity index is 1770. The molecule has 0 amide bonds. The van der Waals surface area contributed by atoms with Crippen molar-refractivity contribution in [3.63, 3.8) is 0 Å². The van der Waals surface area contributed by atoms with Gasteiger partial charge < -0.3 is 40.9 Å². The molecule has 9 nitrogen and oxygen atoms in total. The molecule has 5 rings (SSSR count). The number of phenols is 8. The largest absolute Gasteiger partial charge is 0.508 e. The molecule has 4 aromatic carbocycles. The molecule has 0 aromatic heterocycles. The molecule has 0 fully saturated rings. The van der Waals surface area contributed by atoms with Crippen LogP contribution in [-0.2, 0) is 0 Å². The maximum atomic E-state index is 14.2. The summed E-state index contributed by atoms with van der Waals surface area (Å²) in [6.45, 7) is 1.85. The maximum absolute atomic E-state index is 14.2. The van der Waals surface area contributed by atoms with E-state index in [1.807, 2.05) is 13.0 Å². The molecule has 0 radical (unpaired) electrons. The van der Waals surface area contributed by atoms with Crippen molar-refractivity contribution in [1.29, 1.82) is 0 Å². The summed E-state index contributed by atoms with van der Waals surface area (Å²) < 4.78 is 0. The Morgan fingerprint density at radius 3 is 1.93 bits per heavy atom. The zero-order valence-corrected chi connectivity index (χ0v) is 23.0. The molecule has 0 heterocycles. The van der Waals surface area contributed by atoms with Crippen LogP contribution in [0.15, 0.2) is 78.4 Å². The van der Waals surface area contributed by atoms with E-state index in [0.29, 0.717) is 17.5 Å². The third kappa shape index (κ3) is 5.92. The van der Waals surface area contributed by atoms with Crippen molar-refractivity contribution in [3.05, 3.63) is 106 Å². The maximum Gasteiger partial charge on any atom is 0.171 e. The van der Waals surface area contributed by atoms with E-state index in [1.165, 1.54) is 60.7 Å². The van der Waals surface area contributed by atoms with Crippen LogP contribution in [0.5, 0.6) is 46.0 Å². The molecule has 0 saturated heterocycles. The highest BCUT2D eigenvalue weighted by molar-refractivity contribution is 6.02. The van der Waals surface area contributed by atoms with Gasteiger partial charge in [-0.1, -0.05) is 29.9 Å². The fourth-order valence-electron chi connectivity index (χ4n) is 5.80. The lowest BCUT2D eigenvalue weighted by molar-refractivity contribution is 0.0877. The number of ketones is 1. The highest BCUT2D eigenvalue weighted by Crippen LogP contribution is 2.51. The monoisotopic (exact) mass is 582 g/mol.